The van der Waals surface area contributed by atoms with Crippen molar-refractivity contribution in [3.05, 3.63) is 47.0 Å². The number of carbonyl (C=O) groups excluding carboxylic acids is 1. The van der Waals surface area contributed by atoms with Gasteiger partial charge in [-0.3, -0.25) is 4.79 Å². The maximum Gasteiger partial charge on any atom is 0.230 e. The molecule has 1 amide bonds. The van der Waals surface area contributed by atoms with Crippen LogP contribution in [0.3, 0.4) is 0 Å². The summed E-state index contributed by atoms with van der Waals surface area (Å²) in [6.45, 7) is 4.03. The van der Waals surface area contributed by atoms with Crippen LogP contribution in [-0.2, 0) is 11.2 Å². The zero-order chi connectivity index (χ0) is 18.0. The molecule has 0 aliphatic heterocycles. The number of benzene rings is 2. The fourth-order valence-corrected chi connectivity index (χ4v) is 3.66. The zero-order valence-electron chi connectivity index (χ0n) is 14.7. The maximum absolute atomic E-state index is 12.4. The summed E-state index contributed by atoms with van der Waals surface area (Å²) in [5.41, 5.74) is 3.96. The van der Waals surface area contributed by atoms with Crippen LogP contribution in [0.2, 0.25) is 0 Å². The highest BCUT2D eigenvalue weighted by molar-refractivity contribution is 7.22. The second kappa shape index (κ2) is 7.11. The number of methoxy groups -OCH3 is 2. The first-order chi connectivity index (χ1) is 12.0. The average Bonchev–Trinajstić information content (AvgIpc) is 3.00. The lowest BCUT2D eigenvalue weighted by Crippen LogP contribution is -2.14. The molecule has 0 saturated heterocycles. The lowest BCUT2D eigenvalue weighted by atomic mass is 10.0. The molecule has 0 aliphatic carbocycles. The summed E-state index contributed by atoms with van der Waals surface area (Å²) in [4.78, 5) is 16.9. The number of hydrogen-bond donors (Lipinski definition) is 1. The topological polar surface area (TPSA) is 60.5 Å². The fraction of sp³-hybridized carbons (Fsp3) is 0.263. The summed E-state index contributed by atoms with van der Waals surface area (Å²) in [6, 6.07) is 9.76. The van der Waals surface area contributed by atoms with E-state index in [1.807, 2.05) is 44.2 Å². The van der Waals surface area contributed by atoms with Gasteiger partial charge in [-0.05, 0) is 37.1 Å². The third kappa shape index (κ3) is 3.58. The van der Waals surface area contributed by atoms with Crippen LogP contribution < -0.4 is 14.8 Å². The van der Waals surface area contributed by atoms with Crippen LogP contribution >= 0.6 is 11.3 Å². The Labute approximate surface area is 150 Å². The quantitative estimate of drug-likeness (QED) is 0.747. The molecule has 0 saturated carbocycles. The van der Waals surface area contributed by atoms with Gasteiger partial charge in [-0.25, -0.2) is 4.98 Å². The van der Waals surface area contributed by atoms with Gasteiger partial charge >= 0.3 is 0 Å². The molecule has 130 valence electrons. The van der Waals surface area contributed by atoms with Gasteiger partial charge in [0.05, 0.1) is 20.6 Å². The van der Waals surface area contributed by atoms with Crippen LogP contribution in [-0.4, -0.2) is 25.1 Å². The van der Waals surface area contributed by atoms with Crippen molar-refractivity contribution in [2.45, 2.75) is 20.3 Å². The van der Waals surface area contributed by atoms with E-state index in [0.29, 0.717) is 28.6 Å². The van der Waals surface area contributed by atoms with Crippen molar-refractivity contribution in [2.75, 3.05) is 19.5 Å². The van der Waals surface area contributed by atoms with Crippen LogP contribution in [0.25, 0.3) is 10.2 Å². The minimum atomic E-state index is -0.0920. The van der Waals surface area contributed by atoms with Crippen molar-refractivity contribution in [3.8, 4) is 11.5 Å². The van der Waals surface area contributed by atoms with Crippen LogP contribution in [0.1, 0.15) is 16.7 Å². The molecule has 1 aromatic heterocycles. The molecule has 0 bridgehead atoms. The van der Waals surface area contributed by atoms with E-state index in [4.69, 9.17) is 9.47 Å². The van der Waals surface area contributed by atoms with Gasteiger partial charge in [-0.2, -0.15) is 0 Å². The second-order valence-corrected chi connectivity index (χ2v) is 6.82. The van der Waals surface area contributed by atoms with E-state index in [0.717, 1.165) is 21.4 Å². The first kappa shape index (κ1) is 17.2. The number of nitrogens with one attached hydrogen (secondary N) is 1. The highest BCUT2D eigenvalue weighted by Gasteiger charge is 2.15. The molecule has 0 aliphatic rings. The molecule has 0 spiro atoms. The SMILES string of the molecule is COc1ccc(OC)c2sc(NC(=O)Cc3cc(C)ccc3C)nc12. The number of thiazole rings is 1. The summed E-state index contributed by atoms with van der Waals surface area (Å²) < 4.78 is 11.6. The summed E-state index contributed by atoms with van der Waals surface area (Å²) in [7, 11) is 3.21. The molecule has 1 heterocycles. The van der Waals surface area contributed by atoms with Crippen LogP contribution in [0.4, 0.5) is 5.13 Å². The molecule has 0 atom stereocenters. The average molecular weight is 356 g/mol. The summed E-state index contributed by atoms with van der Waals surface area (Å²) in [6.07, 6.45) is 0.317. The lowest BCUT2D eigenvalue weighted by molar-refractivity contribution is -0.115. The Hall–Kier alpha value is -2.60. The maximum atomic E-state index is 12.4. The second-order valence-electron chi connectivity index (χ2n) is 5.82. The number of ether oxygens (including phenoxy) is 2. The largest absolute Gasteiger partial charge is 0.495 e. The zero-order valence-corrected chi connectivity index (χ0v) is 15.5. The molecule has 1 N–H and O–H groups in total. The van der Waals surface area contributed by atoms with E-state index >= 15 is 0 Å². The molecular formula is C19H20N2O3S. The standard InChI is InChI=1S/C19H20N2O3S/c1-11-5-6-12(2)13(9-11)10-16(22)20-19-21-17-14(23-3)7-8-15(24-4)18(17)25-19/h5-9H,10H2,1-4H3,(H,20,21,22). The van der Waals surface area contributed by atoms with Gasteiger partial charge in [-0.1, -0.05) is 35.1 Å². The highest BCUT2D eigenvalue weighted by atomic mass is 32.1. The van der Waals surface area contributed by atoms with Gasteiger partial charge in [0.25, 0.3) is 0 Å². The van der Waals surface area contributed by atoms with E-state index < -0.39 is 0 Å². The van der Waals surface area contributed by atoms with Crippen LogP contribution in [0.15, 0.2) is 30.3 Å². The van der Waals surface area contributed by atoms with Crippen LogP contribution in [0, 0.1) is 13.8 Å². The van der Waals surface area contributed by atoms with Crippen LogP contribution in [0.5, 0.6) is 11.5 Å². The smallest absolute Gasteiger partial charge is 0.230 e. The first-order valence-electron chi connectivity index (χ1n) is 7.89. The molecule has 0 unspecified atom stereocenters. The summed E-state index contributed by atoms with van der Waals surface area (Å²) in [5, 5.41) is 3.42. The molecule has 0 fully saturated rings. The van der Waals surface area contributed by atoms with Crippen molar-refractivity contribution in [2.24, 2.45) is 0 Å². The van der Waals surface area contributed by atoms with E-state index in [1.165, 1.54) is 11.3 Å². The Morgan fingerprint density at radius 2 is 1.84 bits per heavy atom. The van der Waals surface area contributed by atoms with Gasteiger partial charge < -0.3 is 14.8 Å². The number of aryl methyl sites for hydroxylation is 2. The lowest BCUT2D eigenvalue weighted by Gasteiger charge is -2.06. The number of amides is 1. The fourth-order valence-electron chi connectivity index (χ4n) is 2.67. The third-order valence-electron chi connectivity index (χ3n) is 4.01. The number of fused-ring (bicyclic) bond motifs is 1. The predicted octanol–water partition coefficient (Wildman–Crippen LogP) is 4.11. The molecular weight excluding hydrogens is 336 g/mol. The van der Waals surface area contributed by atoms with Gasteiger partial charge in [-0.15, -0.1) is 0 Å². The normalized spacial score (nSPS) is 10.7. The molecule has 3 aromatic rings. The minimum Gasteiger partial charge on any atom is -0.495 e. The van der Waals surface area contributed by atoms with Gasteiger partial charge in [0.1, 0.15) is 21.7 Å². The molecule has 25 heavy (non-hydrogen) atoms. The molecule has 6 heteroatoms. The van der Waals surface area contributed by atoms with E-state index in [9.17, 15) is 4.79 Å². The number of hydrogen-bond acceptors (Lipinski definition) is 5. The van der Waals surface area contributed by atoms with Crippen molar-refractivity contribution >= 4 is 32.6 Å². The van der Waals surface area contributed by atoms with Crippen molar-refractivity contribution < 1.29 is 14.3 Å². The van der Waals surface area contributed by atoms with Crippen molar-refractivity contribution in [3.63, 3.8) is 0 Å². The Bertz CT molecular complexity index is 893. The van der Waals surface area contributed by atoms with Crippen molar-refractivity contribution in [1.82, 2.24) is 4.98 Å². The number of aromatic nitrogens is 1. The van der Waals surface area contributed by atoms with Crippen molar-refractivity contribution in [1.29, 1.82) is 0 Å². The highest BCUT2D eigenvalue weighted by Crippen LogP contribution is 2.38. The molecule has 3 rings (SSSR count). The number of anilines is 1. The summed E-state index contributed by atoms with van der Waals surface area (Å²) >= 11 is 1.38. The van der Waals surface area contributed by atoms with Gasteiger partial charge in [0.2, 0.25) is 5.91 Å². The summed E-state index contributed by atoms with van der Waals surface area (Å²) in [5.74, 6) is 1.27. The van der Waals surface area contributed by atoms with Gasteiger partial charge in [0.15, 0.2) is 5.13 Å². The van der Waals surface area contributed by atoms with E-state index in [-0.39, 0.29) is 5.91 Å². The van der Waals surface area contributed by atoms with E-state index in [2.05, 4.69) is 10.3 Å². The molecule has 5 nitrogen and oxygen atoms in total. The Kier molecular flexibility index (Phi) is 4.90. The monoisotopic (exact) mass is 356 g/mol. The van der Waals surface area contributed by atoms with Gasteiger partial charge in [0, 0.05) is 0 Å². The number of carbonyl (C=O) groups is 1. The number of rotatable bonds is 5. The Balaban J connectivity index is 1.85. The van der Waals surface area contributed by atoms with E-state index in [1.54, 1.807) is 14.2 Å². The molecule has 0 radical (unpaired) electrons. The first-order valence-corrected chi connectivity index (χ1v) is 8.71. The number of nitrogens with zero attached hydrogens (tertiary/aromatic N) is 1. The predicted molar refractivity (Wildman–Crippen MR) is 101 cm³/mol. The third-order valence-corrected chi connectivity index (χ3v) is 5.00. The Morgan fingerprint density at radius 1 is 1.12 bits per heavy atom. The minimum absolute atomic E-state index is 0.0920. The Morgan fingerprint density at radius 3 is 2.56 bits per heavy atom. The molecule has 2 aromatic carbocycles.